The van der Waals surface area contributed by atoms with Crippen LogP contribution in [0.25, 0.3) is 0 Å². The highest BCUT2D eigenvalue weighted by atomic mass is 16.8. The van der Waals surface area contributed by atoms with E-state index in [0.29, 0.717) is 0 Å². The summed E-state index contributed by atoms with van der Waals surface area (Å²) in [5, 5.41) is 0. The molecule has 2 aliphatic heterocycles. The zero-order chi connectivity index (χ0) is 19.2. The van der Waals surface area contributed by atoms with Gasteiger partial charge in [-0.05, 0) is 51.0 Å². The number of nitrogens with zero attached hydrogens (tertiary/aromatic N) is 1. The lowest BCUT2D eigenvalue weighted by molar-refractivity contribution is -0.168. The van der Waals surface area contributed by atoms with Crippen molar-refractivity contribution in [2.24, 2.45) is 0 Å². The second-order valence-corrected chi connectivity index (χ2v) is 8.18. The first-order valence-corrected chi connectivity index (χ1v) is 9.69. The fourth-order valence-electron chi connectivity index (χ4n) is 4.39. The summed E-state index contributed by atoms with van der Waals surface area (Å²) in [6.07, 6.45) is 0.112. The Balaban J connectivity index is 1.66. The average Bonchev–Trinajstić information content (AvgIpc) is 3.08. The van der Waals surface area contributed by atoms with Crippen molar-refractivity contribution >= 4 is 0 Å². The van der Waals surface area contributed by atoms with Gasteiger partial charge in [-0.3, -0.25) is 4.90 Å². The number of ether oxygens (including phenoxy) is 3. The predicted octanol–water partition coefficient (Wildman–Crippen LogP) is 4.47. The molecule has 4 nitrogen and oxygen atoms in total. The van der Waals surface area contributed by atoms with E-state index in [1.807, 2.05) is 26.0 Å². The number of rotatable bonds is 4. The number of hydrogen-bond acceptors (Lipinski definition) is 4. The Bertz CT molecular complexity index is 784. The van der Waals surface area contributed by atoms with Gasteiger partial charge in [0.15, 0.2) is 5.79 Å². The van der Waals surface area contributed by atoms with Gasteiger partial charge in [-0.1, -0.05) is 42.0 Å². The predicted molar refractivity (Wildman–Crippen MR) is 106 cm³/mol. The summed E-state index contributed by atoms with van der Waals surface area (Å²) in [4.78, 5) is 2.51. The minimum atomic E-state index is -0.529. The maximum atomic E-state index is 6.36. The topological polar surface area (TPSA) is 30.9 Å². The van der Waals surface area contributed by atoms with Crippen LogP contribution in [0.15, 0.2) is 48.5 Å². The Morgan fingerprint density at radius 3 is 2.22 bits per heavy atom. The van der Waals surface area contributed by atoms with Crippen molar-refractivity contribution in [2.45, 2.75) is 64.3 Å². The van der Waals surface area contributed by atoms with Crippen LogP contribution in [0.1, 0.15) is 43.5 Å². The molecule has 0 saturated carbocycles. The third-order valence-electron chi connectivity index (χ3n) is 5.77. The van der Waals surface area contributed by atoms with Crippen LogP contribution in [0.2, 0.25) is 0 Å². The first kappa shape index (κ1) is 18.5. The lowest BCUT2D eigenvalue weighted by Gasteiger charge is -2.33. The number of fused-ring (bicyclic) bond motifs is 1. The summed E-state index contributed by atoms with van der Waals surface area (Å²) in [6.45, 7) is 9.25. The van der Waals surface area contributed by atoms with E-state index in [4.69, 9.17) is 14.2 Å². The molecule has 0 aromatic heterocycles. The van der Waals surface area contributed by atoms with E-state index in [-0.39, 0.29) is 24.3 Å². The molecule has 4 rings (SSSR count). The van der Waals surface area contributed by atoms with Gasteiger partial charge in [0.1, 0.15) is 18.0 Å². The number of hydrogen-bond donors (Lipinski definition) is 0. The van der Waals surface area contributed by atoms with Gasteiger partial charge in [-0.15, -0.1) is 0 Å². The number of aryl methyl sites for hydroxylation is 1. The number of likely N-dealkylation sites (tertiary alicyclic amines) is 1. The highest BCUT2D eigenvalue weighted by molar-refractivity contribution is 5.30. The van der Waals surface area contributed by atoms with Gasteiger partial charge in [0.2, 0.25) is 0 Å². The second-order valence-electron chi connectivity index (χ2n) is 8.18. The summed E-state index contributed by atoms with van der Waals surface area (Å²) >= 11 is 0. The summed E-state index contributed by atoms with van der Waals surface area (Å²) in [6, 6.07) is 17.6. The van der Waals surface area contributed by atoms with Crippen molar-refractivity contribution in [2.75, 3.05) is 7.11 Å². The van der Waals surface area contributed by atoms with Crippen LogP contribution in [0.4, 0.5) is 0 Å². The lowest BCUT2D eigenvalue weighted by atomic mass is 9.99. The molecule has 0 aliphatic carbocycles. The Kier molecular flexibility index (Phi) is 4.75. The number of methoxy groups -OCH3 is 1. The van der Waals surface area contributed by atoms with Crippen molar-refractivity contribution in [1.29, 1.82) is 0 Å². The SMILES string of the molecule is COc1ccc(CN2[C@@H](C)[C@H]3OC(C)(C)O[C@H]3[C@@H]2c2ccc(C)cc2)cc1. The third-order valence-corrected chi connectivity index (χ3v) is 5.77. The minimum Gasteiger partial charge on any atom is -0.497 e. The largest absolute Gasteiger partial charge is 0.497 e. The molecule has 0 unspecified atom stereocenters. The fourth-order valence-corrected chi connectivity index (χ4v) is 4.39. The van der Waals surface area contributed by atoms with Crippen LogP contribution < -0.4 is 4.74 Å². The quantitative estimate of drug-likeness (QED) is 0.798. The van der Waals surface area contributed by atoms with E-state index in [1.54, 1.807) is 7.11 Å². The monoisotopic (exact) mass is 367 g/mol. The van der Waals surface area contributed by atoms with Crippen molar-refractivity contribution in [1.82, 2.24) is 4.90 Å². The van der Waals surface area contributed by atoms with Crippen molar-refractivity contribution in [3.05, 3.63) is 65.2 Å². The van der Waals surface area contributed by atoms with Gasteiger partial charge >= 0.3 is 0 Å². The Labute approximate surface area is 162 Å². The van der Waals surface area contributed by atoms with E-state index in [9.17, 15) is 0 Å². The molecule has 2 aromatic carbocycles. The first-order chi connectivity index (χ1) is 12.9. The van der Waals surface area contributed by atoms with Gasteiger partial charge < -0.3 is 14.2 Å². The molecular weight excluding hydrogens is 338 g/mol. The third kappa shape index (κ3) is 3.49. The van der Waals surface area contributed by atoms with Crippen molar-refractivity contribution in [3.8, 4) is 5.75 Å². The molecule has 0 radical (unpaired) electrons. The maximum absolute atomic E-state index is 6.36. The average molecular weight is 367 g/mol. The first-order valence-electron chi connectivity index (χ1n) is 9.69. The molecular formula is C23H29NO3. The maximum Gasteiger partial charge on any atom is 0.163 e. The Hall–Kier alpha value is -1.88. The molecule has 2 heterocycles. The van der Waals surface area contributed by atoms with Crippen LogP contribution in [-0.2, 0) is 16.0 Å². The molecule has 0 bridgehead atoms. The molecule has 144 valence electrons. The van der Waals surface area contributed by atoms with E-state index in [1.165, 1.54) is 16.7 Å². The van der Waals surface area contributed by atoms with Crippen molar-refractivity contribution in [3.63, 3.8) is 0 Å². The Morgan fingerprint density at radius 2 is 1.59 bits per heavy atom. The fraction of sp³-hybridized carbons (Fsp3) is 0.478. The summed E-state index contributed by atoms with van der Waals surface area (Å²) < 4.78 is 17.9. The van der Waals surface area contributed by atoms with Gasteiger partial charge in [0, 0.05) is 12.6 Å². The van der Waals surface area contributed by atoms with E-state index in [2.05, 4.69) is 55.1 Å². The van der Waals surface area contributed by atoms with Gasteiger partial charge in [-0.25, -0.2) is 0 Å². The summed E-state index contributed by atoms with van der Waals surface area (Å²) in [5.74, 6) is 0.354. The van der Waals surface area contributed by atoms with Crippen LogP contribution in [0.3, 0.4) is 0 Å². The van der Waals surface area contributed by atoms with Gasteiger partial charge in [-0.2, -0.15) is 0 Å². The van der Waals surface area contributed by atoms with E-state index < -0.39 is 5.79 Å². The molecule has 4 heteroatoms. The smallest absolute Gasteiger partial charge is 0.163 e. The normalized spacial score (nSPS) is 29.7. The van der Waals surface area contributed by atoms with Crippen molar-refractivity contribution < 1.29 is 14.2 Å². The van der Waals surface area contributed by atoms with E-state index >= 15 is 0 Å². The summed E-state index contributed by atoms with van der Waals surface area (Å²) in [5.41, 5.74) is 3.82. The summed E-state index contributed by atoms with van der Waals surface area (Å²) in [7, 11) is 1.70. The highest BCUT2D eigenvalue weighted by Crippen LogP contribution is 2.47. The molecule has 0 spiro atoms. The molecule has 2 saturated heterocycles. The molecule has 2 fully saturated rings. The zero-order valence-electron chi connectivity index (χ0n) is 16.8. The molecule has 2 aliphatic rings. The highest BCUT2D eigenvalue weighted by Gasteiger charge is 2.56. The zero-order valence-corrected chi connectivity index (χ0v) is 16.8. The molecule has 0 N–H and O–H groups in total. The molecule has 4 atom stereocenters. The van der Waals surface area contributed by atoms with E-state index in [0.717, 1.165) is 12.3 Å². The molecule has 2 aromatic rings. The van der Waals surface area contributed by atoms with Crippen LogP contribution in [0.5, 0.6) is 5.75 Å². The van der Waals surface area contributed by atoms with Crippen LogP contribution in [0, 0.1) is 6.92 Å². The van der Waals surface area contributed by atoms with Gasteiger partial charge in [0.25, 0.3) is 0 Å². The lowest BCUT2D eigenvalue weighted by Crippen LogP contribution is -2.37. The second kappa shape index (κ2) is 6.93. The number of benzene rings is 2. The Morgan fingerprint density at radius 1 is 0.963 bits per heavy atom. The van der Waals surface area contributed by atoms with Crippen LogP contribution in [-0.4, -0.2) is 36.0 Å². The molecule has 0 amide bonds. The van der Waals surface area contributed by atoms with Crippen LogP contribution >= 0.6 is 0 Å². The van der Waals surface area contributed by atoms with Gasteiger partial charge in [0.05, 0.1) is 13.2 Å². The molecule has 27 heavy (non-hydrogen) atoms. The standard InChI is InChI=1S/C23H29NO3/c1-15-6-10-18(11-7-15)20-22-21(26-23(3,4)27-22)16(2)24(20)14-17-8-12-19(25-5)13-9-17/h6-13,16,20-22H,14H2,1-5H3/t16-,20-,21+,22-/m0/s1. The minimum absolute atomic E-state index is 0.0379.